The summed E-state index contributed by atoms with van der Waals surface area (Å²) < 4.78 is 0. The van der Waals surface area contributed by atoms with Crippen LogP contribution in [0, 0.1) is 0 Å². The van der Waals surface area contributed by atoms with Gasteiger partial charge >= 0.3 is 0 Å². The quantitative estimate of drug-likeness (QED) is 0.780. The van der Waals surface area contributed by atoms with Gasteiger partial charge in [0.05, 0.1) is 0 Å². The van der Waals surface area contributed by atoms with Gasteiger partial charge in [-0.2, -0.15) is 0 Å². The van der Waals surface area contributed by atoms with E-state index in [1.54, 1.807) is 6.08 Å². The van der Waals surface area contributed by atoms with Gasteiger partial charge < -0.3 is 9.80 Å². The standard InChI is InChI=1S/C19H26N2O/c1-2-20-14-12-18(13-15-20)21(17-9-10-17)19(22)11-8-16-6-4-3-5-7-16/h3-8,11,17-18H,2,9-10,12-15H2,1H3. The molecule has 1 aliphatic heterocycles. The van der Waals surface area contributed by atoms with Gasteiger partial charge in [0.1, 0.15) is 0 Å². The molecule has 1 aliphatic carbocycles. The summed E-state index contributed by atoms with van der Waals surface area (Å²) in [7, 11) is 0. The number of hydrogen-bond donors (Lipinski definition) is 0. The molecule has 3 rings (SSSR count). The molecule has 22 heavy (non-hydrogen) atoms. The van der Waals surface area contributed by atoms with Crippen LogP contribution >= 0.6 is 0 Å². The van der Waals surface area contributed by atoms with Crippen molar-refractivity contribution < 1.29 is 4.79 Å². The molecule has 1 aromatic carbocycles. The van der Waals surface area contributed by atoms with Gasteiger partial charge in [0.2, 0.25) is 5.91 Å². The molecule has 3 heteroatoms. The molecule has 1 aromatic rings. The van der Waals surface area contributed by atoms with Crippen LogP contribution in [-0.2, 0) is 4.79 Å². The van der Waals surface area contributed by atoms with Crippen LogP contribution in [0.2, 0.25) is 0 Å². The second-order valence-corrected chi connectivity index (χ2v) is 6.39. The molecule has 0 unspecified atom stereocenters. The fourth-order valence-corrected chi connectivity index (χ4v) is 3.34. The van der Waals surface area contributed by atoms with E-state index in [1.165, 1.54) is 12.8 Å². The number of likely N-dealkylation sites (tertiary alicyclic amines) is 1. The number of hydrogen-bond acceptors (Lipinski definition) is 2. The molecular weight excluding hydrogens is 272 g/mol. The highest BCUT2D eigenvalue weighted by atomic mass is 16.2. The minimum absolute atomic E-state index is 0.196. The van der Waals surface area contributed by atoms with Gasteiger partial charge in [-0.15, -0.1) is 0 Å². The second kappa shape index (κ2) is 7.10. The van der Waals surface area contributed by atoms with Crippen molar-refractivity contribution in [1.29, 1.82) is 0 Å². The lowest BCUT2D eigenvalue weighted by Gasteiger charge is -2.38. The van der Waals surface area contributed by atoms with Gasteiger partial charge in [-0.3, -0.25) is 4.79 Å². The Hall–Kier alpha value is -1.61. The van der Waals surface area contributed by atoms with Crippen molar-refractivity contribution in [3.05, 3.63) is 42.0 Å². The normalized spacial score (nSPS) is 20.4. The van der Waals surface area contributed by atoms with Gasteiger partial charge in [0, 0.05) is 31.2 Å². The van der Waals surface area contributed by atoms with Crippen molar-refractivity contribution in [2.75, 3.05) is 19.6 Å². The van der Waals surface area contributed by atoms with Crippen molar-refractivity contribution >= 4 is 12.0 Å². The number of piperidine rings is 1. The average molecular weight is 298 g/mol. The van der Waals surface area contributed by atoms with Gasteiger partial charge in [-0.05, 0) is 43.9 Å². The summed E-state index contributed by atoms with van der Waals surface area (Å²) in [4.78, 5) is 17.3. The highest BCUT2D eigenvalue weighted by Crippen LogP contribution is 2.32. The van der Waals surface area contributed by atoms with Crippen molar-refractivity contribution in [2.45, 2.75) is 44.7 Å². The number of carbonyl (C=O) groups excluding carboxylic acids is 1. The zero-order valence-corrected chi connectivity index (χ0v) is 13.4. The van der Waals surface area contributed by atoms with Crippen LogP contribution in [-0.4, -0.2) is 47.4 Å². The highest BCUT2D eigenvalue weighted by Gasteiger charge is 2.37. The lowest BCUT2D eigenvalue weighted by atomic mass is 10.0. The Morgan fingerprint density at radius 3 is 2.36 bits per heavy atom. The monoisotopic (exact) mass is 298 g/mol. The van der Waals surface area contributed by atoms with Crippen molar-refractivity contribution in [3.8, 4) is 0 Å². The van der Waals surface area contributed by atoms with Crippen LogP contribution in [0.15, 0.2) is 36.4 Å². The lowest BCUT2D eigenvalue weighted by molar-refractivity contribution is -0.129. The van der Waals surface area contributed by atoms with E-state index in [-0.39, 0.29) is 5.91 Å². The maximum atomic E-state index is 12.7. The highest BCUT2D eigenvalue weighted by molar-refractivity contribution is 5.92. The molecule has 0 aromatic heterocycles. The summed E-state index contributed by atoms with van der Waals surface area (Å²) in [6.07, 6.45) is 8.31. The van der Waals surface area contributed by atoms with Crippen molar-refractivity contribution in [3.63, 3.8) is 0 Å². The van der Waals surface area contributed by atoms with Crippen LogP contribution < -0.4 is 0 Å². The third-order valence-corrected chi connectivity index (χ3v) is 4.81. The summed E-state index contributed by atoms with van der Waals surface area (Å²) in [6, 6.07) is 11.0. The summed E-state index contributed by atoms with van der Waals surface area (Å²) in [5.74, 6) is 0.196. The van der Waals surface area contributed by atoms with E-state index in [2.05, 4.69) is 16.7 Å². The Morgan fingerprint density at radius 2 is 1.77 bits per heavy atom. The molecule has 0 atom stereocenters. The van der Waals surface area contributed by atoms with Crippen LogP contribution in [0.4, 0.5) is 0 Å². The summed E-state index contributed by atoms with van der Waals surface area (Å²) in [6.45, 7) is 5.59. The first-order valence-corrected chi connectivity index (χ1v) is 8.55. The number of nitrogens with zero attached hydrogens (tertiary/aromatic N) is 2. The van der Waals surface area contributed by atoms with Crippen molar-refractivity contribution in [1.82, 2.24) is 9.80 Å². The molecule has 2 aliphatic rings. The molecule has 1 heterocycles. The van der Waals surface area contributed by atoms with E-state index in [4.69, 9.17) is 0 Å². The number of amides is 1. The van der Waals surface area contributed by atoms with E-state index < -0.39 is 0 Å². The molecule has 0 spiro atoms. The van der Waals surface area contributed by atoms with Crippen LogP contribution in [0.1, 0.15) is 38.2 Å². The molecule has 0 N–H and O–H groups in total. The molecular formula is C19H26N2O. The van der Waals surface area contributed by atoms with Gasteiger partial charge in [-0.25, -0.2) is 0 Å². The fourth-order valence-electron chi connectivity index (χ4n) is 3.34. The van der Waals surface area contributed by atoms with E-state index >= 15 is 0 Å². The molecule has 1 saturated carbocycles. The van der Waals surface area contributed by atoms with E-state index in [0.29, 0.717) is 12.1 Å². The molecule has 1 amide bonds. The Morgan fingerprint density at radius 1 is 1.14 bits per heavy atom. The van der Waals surface area contributed by atoms with E-state index in [1.807, 2.05) is 36.4 Å². The maximum Gasteiger partial charge on any atom is 0.247 e. The minimum Gasteiger partial charge on any atom is -0.333 e. The number of carbonyl (C=O) groups is 1. The second-order valence-electron chi connectivity index (χ2n) is 6.39. The lowest BCUT2D eigenvalue weighted by Crippen LogP contribution is -2.47. The largest absolute Gasteiger partial charge is 0.333 e. The third-order valence-electron chi connectivity index (χ3n) is 4.81. The topological polar surface area (TPSA) is 23.6 Å². The fraction of sp³-hybridized carbons (Fsp3) is 0.526. The van der Waals surface area contributed by atoms with Crippen LogP contribution in [0.5, 0.6) is 0 Å². The van der Waals surface area contributed by atoms with E-state index in [9.17, 15) is 4.79 Å². The summed E-state index contributed by atoms with van der Waals surface area (Å²) >= 11 is 0. The first-order chi connectivity index (χ1) is 10.8. The first kappa shape index (κ1) is 15.3. The zero-order valence-electron chi connectivity index (χ0n) is 13.4. The molecule has 0 bridgehead atoms. The average Bonchev–Trinajstić information content (AvgIpc) is 3.40. The Bertz CT molecular complexity index is 513. The minimum atomic E-state index is 0.196. The predicted octanol–water partition coefficient (Wildman–Crippen LogP) is 3.18. The molecule has 2 fully saturated rings. The van der Waals surface area contributed by atoms with Crippen molar-refractivity contribution in [2.24, 2.45) is 0 Å². The van der Waals surface area contributed by atoms with Gasteiger partial charge in [0.15, 0.2) is 0 Å². The molecule has 1 saturated heterocycles. The molecule has 0 radical (unpaired) electrons. The van der Waals surface area contributed by atoms with Crippen LogP contribution in [0.25, 0.3) is 6.08 Å². The Balaban J connectivity index is 1.64. The van der Waals surface area contributed by atoms with Gasteiger partial charge in [0.25, 0.3) is 0 Å². The predicted molar refractivity (Wildman–Crippen MR) is 90.5 cm³/mol. The maximum absolute atomic E-state index is 12.7. The van der Waals surface area contributed by atoms with E-state index in [0.717, 1.165) is 38.0 Å². The summed E-state index contributed by atoms with van der Waals surface area (Å²) in [5.41, 5.74) is 1.09. The van der Waals surface area contributed by atoms with Gasteiger partial charge in [-0.1, -0.05) is 37.3 Å². The first-order valence-electron chi connectivity index (χ1n) is 8.55. The SMILES string of the molecule is CCN1CCC(N(C(=O)C=Cc2ccccc2)C2CC2)CC1. The Labute approximate surface area is 133 Å². The number of rotatable bonds is 5. The Kier molecular flexibility index (Phi) is 4.94. The smallest absolute Gasteiger partial charge is 0.247 e. The van der Waals surface area contributed by atoms with Crippen LogP contribution in [0.3, 0.4) is 0 Å². The molecule has 3 nitrogen and oxygen atoms in total. The zero-order chi connectivity index (χ0) is 15.4. The number of benzene rings is 1. The molecule has 118 valence electrons. The third kappa shape index (κ3) is 3.77. The summed E-state index contributed by atoms with van der Waals surface area (Å²) in [5, 5.41) is 0.